The topological polar surface area (TPSA) is 41.1 Å². The van der Waals surface area contributed by atoms with Gasteiger partial charge in [-0.1, -0.05) is 6.07 Å². The number of hydrogen-bond acceptors (Lipinski definition) is 2. The van der Waals surface area contributed by atoms with E-state index in [4.69, 9.17) is 0 Å². The predicted molar refractivity (Wildman–Crippen MR) is 77.7 cm³/mol. The first-order chi connectivity index (χ1) is 10.1. The minimum atomic E-state index is -0.660. The van der Waals surface area contributed by atoms with Crippen molar-refractivity contribution in [3.8, 4) is 0 Å². The number of nitrogens with one attached hydrogen (secondary N) is 2. The van der Waals surface area contributed by atoms with Crippen LogP contribution in [-0.4, -0.2) is 19.0 Å². The summed E-state index contributed by atoms with van der Waals surface area (Å²) < 4.78 is 27.3. The number of rotatable bonds is 5. The zero-order chi connectivity index (χ0) is 15.2. The average Bonchev–Trinajstić information content (AvgIpc) is 2.46. The highest BCUT2D eigenvalue weighted by atomic mass is 19.1. The van der Waals surface area contributed by atoms with Crippen LogP contribution in [-0.2, 0) is 4.79 Å². The highest BCUT2D eigenvalue weighted by Crippen LogP contribution is 2.21. The molecule has 0 aliphatic carbocycles. The average molecular weight is 296 g/mol. The van der Waals surface area contributed by atoms with Crippen molar-refractivity contribution in [2.75, 3.05) is 13.1 Å². The zero-order valence-corrected chi connectivity index (χ0v) is 12.3. The Morgan fingerprint density at radius 3 is 2.57 bits per heavy atom. The first kappa shape index (κ1) is 15.9. The Morgan fingerprint density at radius 1 is 1.33 bits per heavy atom. The fourth-order valence-corrected chi connectivity index (χ4v) is 2.82. The molecule has 0 aromatic heterocycles. The van der Waals surface area contributed by atoms with Gasteiger partial charge in [-0.3, -0.25) is 4.79 Å². The van der Waals surface area contributed by atoms with E-state index in [-0.39, 0.29) is 11.5 Å². The molecule has 0 bridgehead atoms. The van der Waals surface area contributed by atoms with Crippen LogP contribution in [0.5, 0.6) is 0 Å². The molecule has 116 valence electrons. The number of carbonyl (C=O) groups is 1. The number of amides is 1. The van der Waals surface area contributed by atoms with Gasteiger partial charge in [0.15, 0.2) is 0 Å². The summed E-state index contributed by atoms with van der Waals surface area (Å²) in [7, 11) is 0. The van der Waals surface area contributed by atoms with E-state index < -0.39 is 17.7 Å². The maximum atomic E-state index is 13.6. The van der Waals surface area contributed by atoms with Crippen LogP contribution in [0.2, 0.25) is 0 Å². The second-order valence-electron chi connectivity index (χ2n) is 5.66. The Bertz CT molecular complexity index is 467. The Labute approximate surface area is 124 Å². The lowest BCUT2D eigenvalue weighted by Crippen LogP contribution is -2.30. The summed E-state index contributed by atoms with van der Waals surface area (Å²) in [6, 6.07) is 3.07. The standard InChI is InChI=1S/C16H22F2N2O/c1-11(16-13(17)3-2-4-14(16)18)20-15(21)6-5-12-7-9-19-10-8-12/h2-4,11-12,19H,5-10H2,1H3,(H,20,21). The van der Waals surface area contributed by atoms with E-state index in [0.29, 0.717) is 12.3 Å². The van der Waals surface area contributed by atoms with E-state index in [2.05, 4.69) is 10.6 Å². The zero-order valence-electron chi connectivity index (χ0n) is 12.3. The van der Waals surface area contributed by atoms with Gasteiger partial charge in [-0.15, -0.1) is 0 Å². The van der Waals surface area contributed by atoms with Crippen molar-refractivity contribution in [3.63, 3.8) is 0 Å². The molecule has 1 aliphatic heterocycles. The monoisotopic (exact) mass is 296 g/mol. The largest absolute Gasteiger partial charge is 0.349 e. The number of piperidine rings is 1. The molecule has 1 amide bonds. The molecule has 1 heterocycles. The molecule has 1 saturated heterocycles. The third kappa shape index (κ3) is 4.49. The molecule has 1 aromatic rings. The molecule has 2 N–H and O–H groups in total. The summed E-state index contributed by atoms with van der Waals surface area (Å²) in [5.41, 5.74) is -0.0762. The van der Waals surface area contributed by atoms with Gasteiger partial charge in [-0.25, -0.2) is 8.78 Å². The summed E-state index contributed by atoms with van der Waals surface area (Å²) in [5, 5.41) is 5.97. The quantitative estimate of drug-likeness (QED) is 0.877. The van der Waals surface area contributed by atoms with Crippen LogP contribution < -0.4 is 10.6 Å². The summed E-state index contributed by atoms with van der Waals surface area (Å²) in [5.74, 6) is -0.830. The fourth-order valence-electron chi connectivity index (χ4n) is 2.82. The lowest BCUT2D eigenvalue weighted by atomic mass is 9.93. The Kier molecular flexibility index (Phi) is 5.67. The highest BCUT2D eigenvalue weighted by molar-refractivity contribution is 5.76. The van der Waals surface area contributed by atoms with E-state index in [1.165, 1.54) is 18.2 Å². The minimum absolute atomic E-state index is 0.0762. The molecular formula is C16H22F2N2O. The van der Waals surface area contributed by atoms with Crippen LogP contribution >= 0.6 is 0 Å². The molecular weight excluding hydrogens is 274 g/mol. The molecule has 0 spiro atoms. The van der Waals surface area contributed by atoms with Crippen molar-refractivity contribution in [1.82, 2.24) is 10.6 Å². The molecule has 1 atom stereocenters. The van der Waals surface area contributed by atoms with E-state index in [9.17, 15) is 13.6 Å². The van der Waals surface area contributed by atoms with Gasteiger partial charge >= 0.3 is 0 Å². The van der Waals surface area contributed by atoms with Crippen LogP contribution in [0.15, 0.2) is 18.2 Å². The van der Waals surface area contributed by atoms with Gasteiger partial charge in [-0.2, -0.15) is 0 Å². The van der Waals surface area contributed by atoms with Gasteiger partial charge < -0.3 is 10.6 Å². The van der Waals surface area contributed by atoms with Crippen molar-refractivity contribution in [3.05, 3.63) is 35.4 Å². The van der Waals surface area contributed by atoms with Crippen LogP contribution in [0, 0.1) is 17.6 Å². The summed E-state index contributed by atoms with van der Waals surface area (Å²) in [4.78, 5) is 11.9. The lowest BCUT2D eigenvalue weighted by molar-refractivity contribution is -0.122. The van der Waals surface area contributed by atoms with Gasteiger partial charge in [0.25, 0.3) is 0 Å². The molecule has 3 nitrogen and oxygen atoms in total. The number of carbonyl (C=O) groups excluding carboxylic acids is 1. The smallest absolute Gasteiger partial charge is 0.220 e. The van der Waals surface area contributed by atoms with Crippen molar-refractivity contribution in [2.24, 2.45) is 5.92 Å². The van der Waals surface area contributed by atoms with Crippen molar-refractivity contribution in [1.29, 1.82) is 0 Å². The van der Waals surface area contributed by atoms with Crippen LogP contribution in [0.3, 0.4) is 0 Å². The molecule has 1 aliphatic rings. The second-order valence-corrected chi connectivity index (χ2v) is 5.66. The molecule has 0 saturated carbocycles. The van der Waals surface area contributed by atoms with Gasteiger partial charge in [0, 0.05) is 12.0 Å². The predicted octanol–water partition coefficient (Wildman–Crippen LogP) is 2.92. The van der Waals surface area contributed by atoms with Crippen molar-refractivity contribution < 1.29 is 13.6 Å². The van der Waals surface area contributed by atoms with E-state index in [1.54, 1.807) is 6.92 Å². The van der Waals surface area contributed by atoms with Gasteiger partial charge in [0.05, 0.1) is 6.04 Å². The first-order valence-electron chi connectivity index (χ1n) is 7.52. The molecule has 1 unspecified atom stereocenters. The number of halogens is 2. The van der Waals surface area contributed by atoms with Crippen LogP contribution in [0.1, 0.15) is 44.2 Å². The minimum Gasteiger partial charge on any atom is -0.349 e. The third-order valence-electron chi connectivity index (χ3n) is 4.05. The SMILES string of the molecule is CC(NC(=O)CCC1CCNCC1)c1c(F)cccc1F. The summed E-state index contributed by atoms with van der Waals surface area (Å²) in [6.07, 6.45) is 3.42. The molecule has 1 aromatic carbocycles. The first-order valence-corrected chi connectivity index (χ1v) is 7.52. The van der Waals surface area contributed by atoms with E-state index in [1.807, 2.05) is 0 Å². The summed E-state index contributed by atoms with van der Waals surface area (Å²) >= 11 is 0. The van der Waals surface area contributed by atoms with Crippen molar-refractivity contribution >= 4 is 5.91 Å². The number of hydrogen-bond donors (Lipinski definition) is 2. The Morgan fingerprint density at radius 2 is 1.95 bits per heavy atom. The van der Waals surface area contributed by atoms with E-state index >= 15 is 0 Å². The molecule has 1 fully saturated rings. The third-order valence-corrected chi connectivity index (χ3v) is 4.05. The van der Waals surface area contributed by atoms with Gasteiger partial charge in [0.1, 0.15) is 11.6 Å². The second kappa shape index (κ2) is 7.50. The van der Waals surface area contributed by atoms with Crippen molar-refractivity contribution in [2.45, 2.75) is 38.6 Å². The fraction of sp³-hybridized carbons (Fsp3) is 0.562. The van der Waals surface area contributed by atoms with E-state index in [0.717, 1.165) is 32.4 Å². The maximum Gasteiger partial charge on any atom is 0.220 e. The molecule has 21 heavy (non-hydrogen) atoms. The van der Waals surface area contributed by atoms with Gasteiger partial charge in [0.2, 0.25) is 5.91 Å². The molecule has 0 radical (unpaired) electrons. The van der Waals surface area contributed by atoms with Gasteiger partial charge in [-0.05, 0) is 57.3 Å². The lowest BCUT2D eigenvalue weighted by Gasteiger charge is -2.22. The molecule has 5 heteroatoms. The maximum absolute atomic E-state index is 13.6. The number of benzene rings is 1. The summed E-state index contributed by atoms with van der Waals surface area (Å²) in [6.45, 7) is 3.61. The van der Waals surface area contributed by atoms with Crippen LogP contribution in [0.4, 0.5) is 8.78 Å². The van der Waals surface area contributed by atoms with Crippen LogP contribution in [0.25, 0.3) is 0 Å². The normalized spacial score (nSPS) is 17.5. The Hall–Kier alpha value is -1.49. The Balaban J connectivity index is 1.84. The highest BCUT2D eigenvalue weighted by Gasteiger charge is 2.19. The molecule has 2 rings (SSSR count).